The maximum atomic E-state index is 12.5. The van der Waals surface area contributed by atoms with E-state index in [9.17, 15) is 13.2 Å². The van der Waals surface area contributed by atoms with Crippen LogP contribution in [0.3, 0.4) is 0 Å². The van der Waals surface area contributed by atoms with E-state index in [0.717, 1.165) is 0 Å². The summed E-state index contributed by atoms with van der Waals surface area (Å²) in [6.07, 6.45) is -1.54. The van der Waals surface area contributed by atoms with Gasteiger partial charge in [0.2, 0.25) is 0 Å². The molecule has 0 aliphatic heterocycles. The van der Waals surface area contributed by atoms with E-state index in [1.165, 1.54) is 24.3 Å². The standard InChI is InChI=1S/C11H9F3O/c1-2-8-15-10(11(12,13)14)9-6-4-3-5-7-9/h1,3-7,10H,8H2. The summed E-state index contributed by atoms with van der Waals surface area (Å²) in [6, 6.07) is 7.39. The fourth-order valence-electron chi connectivity index (χ4n) is 1.14. The summed E-state index contributed by atoms with van der Waals surface area (Å²) < 4.78 is 42.2. The first-order valence-electron chi connectivity index (χ1n) is 4.22. The average Bonchev–Trinajstić information content (AvgIpc) is 2.18. The molecule has 0 amide bonds. The molecule has 4 heteroatoms. The third-order valence-electron chi connectivity index (χ3n) is 1.73. The van der Waals surface area contributed by atoms with Crippen LogP contribution in [0.4, 0.5) is 13.2 Å². The van der Waals surface area contributed by atoms with Crippen LogP contribution in [0, 0.1) is 12.3 Å². The van der Waals surface area contributed by atoms with Crippen molar-refractivity contribution in [3.63, 3.8) is 0 Å². The summed E-state index contributed by atoms with van der Waals surface area (Å²) in [5.41, 5.74) is 0.0558. The van der Waals surface area contributed by atoms with Crippen LogP contribution in [0.5, 0.6) is 0 Å². The molecule has 80 valence electrons. The number of benzene rings is 1. The Labute approximate surface area is 85.9 Å². The van der Waals surface area contributed by atoms with Gasteiger partial charge in [-0.05, 0) is 5.56 Å². The zero-order valence-corrected chi connectivity index (χ0v) is 7.79. The van der Waals surface area contributed by atoms with E-state index in [-0.39, 0.29) is 12.2 Å². The first-order valence-corrected chi connectivity index (χ1v) is 4.22. The maximum Gasteiger partial charge on any atom is 0.418 e. The minimum Gasteiger partial charge on any atom is -0.351 e. The topological polar surface area (TPSA) is 9.23 Å². The highest BCUT2D eigenvalue weighted by Gasteiger charge is 2.41. The van der Waals surface area contributed by atoms with Crippen molar-refractivity contribution in [2.24, 2.45) is 0 Å². The fourth-order valence-corrected chi connectivity index (χ4v) is 1.14. The second-order valence-electron chi connectivity index (χ2n) is 2.85. The molecule has 15 heavy (non-hydrogen) atoms. The van der Waals surface area contributed by atoms with Gasteiger partial charge < -0.3 is 4.74 Å². The van der Waals surface area contributed by atoms with Crippen LogP contribution >= 0.6 is 0 Å². The molecule has 0 bridgehead atoms. The number of ether oxygens (including phenoxy) is 1. The van der Waals surface area contributed by atoms with Crippen LogP contribution in [0.1, 0.15) is 11.7 Å². The van der Waals surface area contributed by atoms with E-state index in [4.69, 9.17) is 6.42 Å². The van der Waals surface area contributed by atoms with Crippen LogP contribution in [-0.2, 0) is 4.74 Å². The lowest BCUT2D eigenvalue weighted by atomic mass is 10.1. The second-order valence-corrected chi connectivity index (χ2v) is 2.85. The van der Waals surface area contributed by atoms with Crippen molar-refractivity contribution in [2.45, 2.75) is 12.3 Å². The number of hydrogen-bond donors (Lipinski definition) is 0. The quantitative estimate of drug-likeness (QED) is 0.703. The third-order valence-corrected chi connectivity index (χ3v) is 1.73. The van der Waals surface area contributed by atoms with Crippen LogP contribution in [0.2, 0.25) is 0 Å². The Bertz CT molecular complexity index is 337. The molecule has 1 atom stereocenters. The highest BCUT2D eigenvalue weighted by molar-refractivity contribution is 5.19. The summed E-state index contributed by atoms with van der Waals surface area (Å²) in [6.45, 7) is -0.362. The fraction of sp³-hybridized carbons (Fsp3) is 0.273. The number of alkyl halides is 3. The molecule has 0 saturated heterocycles. The summed E-state index contributed by atoms with van der Waals surface area (Å²) >= 11 is 0. The predicted octanol–water partition coefficient (Wildman–Crippen LogP) is 2.94. The molecule has 1 nitrogen and oxygen atoms in total. The van der Waals surface area contributed by atoms with Gasteiger partial charge >= 0.3 is 6.18 Å². The van der Waals surface area contributed by atoms with E-state index in [2.05, 4.69) is 4.74 Å². The van der Waals surface area contributed by atoms with Crippen molar-refractivity contribution < 1.29 is 17.9 Å². The molecule has 0 aliphatic rings. The van der Waals surface area contributed by atoms with Crippen molar-refractivity contribution >= 4 is 0 Å². The smallest absolute Gasteiger partial charge is 0.351 e. The Hall–Kier alpha value is -1.47. The molecular weight excluding hydrogens is 205 g/mol. The van der Waals surface area contributed by atoms with Gasteiger partial charge in [0.1, 0.15) is 6.61 Å². The minimum atomic E-state index is -4.45. The van der Waals surface area contributed by atoms with Gasteiger partial charge in [0, 0.05) is 0 Å². The molecule has 0 aliphatic carbocycles. The van der Waals surface area contributed by atoms with Gasteiger partial charge in [-0.2, -0.15) is 13.2 Å². The Kier molecular flexibility index (Phi) is 3.75. The largest absolute Gasteiger partial charge is 0.418 e. The zero-order chi connectivity index (χ0) is 11.3. The number of terminal acetylenes is 1. The Balaban J connectivity index is 2.88. The number of hydrogen-bond acceptors (Lipinski definition) is 1. The molecule has 0 spiro atoms. The molecule has 0 radical (unpaired) electrons. The Morgan fingerprint density at radius 3 is 2.33 bits per heavy atom. The molecule has 1 rings (SSSR count). The highest BCUT2D eigenvalue weighted by atomic mass is 19.4. The normalized spacial score (nSPS) is 13.2. The molecule has 0 heterocycles. The van der Waals surface area contributed by atoms with Gasteiger partial charge in [0.05, 0.1) is 0 Å². The van der Waals surface area contributed by atoms with Gasteiger partial charge in [-0.1, -0.05) is 36.3 Å². The van der Waals surface area contributed by atoms with Crippen LogP contribution in [-0.4, -0.2) is 12.8 Å². The average molecular weight is 214 g/mol. The van der Waals surface area contributed by atoms with Crippen LogP contribution < -0.4 is 0 Å². The van der Waals surface area contributed by atoms with Crippen LogP contribution in [0.15, 0.2) is 30.3 Å². The first kappa shape index (κ1) is 11.6. The van der Waals surface area contributed by atoms with E-state index < -0.39 is 12.3 Å². The molecule has 0 fully saturated rings. The van der Waals surface area contributed by atoms with E-state index in [1.807, 2.05) is 5.92 Å². The number of halogens is 3. The van der Waals surface area contributed by atoms with Crippen molar-refractivity contribution in [1.29, 1.82) is 0 Å². The Morgan fingerprint density at radius 1 is 1.27 bits per heavy atom. The van der Waals surface area contributed by atoms with Gasteiger partial charge in [0.15, 0.2) is 6.10 Å². The molecule has 0 aromatic heterocycles. The molecule has 1 aromatic rings. The van der Waals surface area contributed by atoms with E-state index in [0.29, 0.717) is 0 Å². The van der Waals surface area contributed by atoms with Crippen LogP contribution in [0.25, 0.3) is 0 Å². The monoisotopic (exact) mass is 214 g/mol. The van der Waals surface area contributed by atoms with E-state index in [1.54, 1.807) is 6.07 Å². The lowest BCUT2D eigenvalue weighted by Gasteiger charge is -2.19. The van der Waals surface area contributed by atoms with Gasteiger partial charge in [-0.15, -0.1) is 6.42 Å². The molecular formula is C11H9F3O. The van der Waals surface area contributed by atoms with E-state index >= 15 is 0 Å². The SMILES string of the molecule is C#CCOC(c1ccccc1)C(F)(F)F. The zero-order valence-electron chi connectivity index (χ0n) is 7.79. The van der Waals surface area contributed by atoms with Crippen molar-refractivity contribution in [2.75, 3.05) is 6.61 Å². The van der Waals surface area contributed by atoms with Gasteiger partial charge in [-0.3, -0.25) is 0 Å². The summed E-state index contributed by atoms with van der Waals surface area (Å²) in [5.74, 6) is 2.02. The summed E-state index contributed by atoms with van der Waals surface area (Å²) in [7, 11) is 0. The van der Waals surface area contributed by atoms with Crippen molar-refractivity contribution in [3.8, 4) is 12.3 Å². The first-order chi connectivity index (χ1) is 7.05. The maximum absolute atomic E-state index is 12.5. The predicted molar refractivity (Wildman–Crippen MR) is 50.0 cm³/mol. The minimum absolute atomic E-state index is 0.0558. The van der Waals surface area contributed by atoms with Gasteiger partial charge in [-0.25, -0.2) is 0 Å². The van der Waals surface area contributed by atoms with Crippen molar-refractivity contribution in [3.05, 3.63) is 35.9 Å². The second kappa shape index (κ2) is 4.85. The molecule has 0 N–H and O–H groups in total. The number of rotatable bonds is 3. The van der Waals surface area contributed by atoms with Gasteiger partial charge in [0.25, 0.3) is 0 Å². The molecule has 1 aromatic carbocycles. The Morgan fingerprint density at radius 2 is 1.87 bits per heavy atom. The highest BCUT2D eigenvalue weighted by Crippen LogP contribution is 2.35. The molecule has 1 unspecified atom stereocenters. The lowest BCUT2D eigenvalue weighted by Crippen LogP contribution is -2.23. The van der Waals surface area contributed by atoms with Crippen molar-refractivity contribution in [1.82, 2.24) is 0 Å². The lowest BCUT2D eigenvalue weighted by molar-refractivity contribution is -0.220. The molecule has 0 saturated carbocycles. The summed E-state index contributed by atoms with van der Waals surface area (Å²) in [4.78, 5) is 0. The summed E-state index contributed by atoms with van der Waals surface area (Å²) in [5, 5.41) is 0. The third kappa shape index (κ3) is 3.30.